The average molecular weight is 272 g/mol. The Kier molecular flexibility index (Phi) is 5.08. The van der Waals surface area contributed by atoms with Crippen LogP contribution < -0.4 is 5.32 Å². The van der Waals surface area contributed by atoms with Gasteiger partial charge in [-0.15, -0.1) is 11.3 Å². The first-order chi connectivity index (χ1) is 7.42. The van der Waals surface area contributed by atoms with E-state index in [1.54, 1.807) is 13.1 Å². The lowest BCUT2D eigenvalue weighted by Gasteiger charge is -2.14. The van der Waals surface area contributed by atoms with Gasteiger partial charge in [-0.1, -0.05) is 11.6 Å². The fourth-order valence-corrected chi connectivity index (χ4v) is 2.66. The SMILES string of the molecule is CNC(CCCC(F)(F)F)c1ccc(Cl)s1. The molecule has 1 unspecified atom stereocenters. The number of thiophene rings is 1. The highest BCUT2D eigenvalue weighted by Crippen LogP contribution is 2.31. The molecule has 1 N–H and O–H groups in total. The van der Waals surface area contributed by atoms with E-state index >= 15 is 0 Å². The number of nitrogens with one attached hydrogen (secondary N) is 1. The second-order valence-corrected chi connectivity index (χ2v) is 5.24. The fourth-order valence-electron chi connectivity index (χ4n) is 1.45. The monoisotopic (exact) mass is 271 g/mol. The van der Waals surface area contributed by atoms with Crippen molar-refractivity contribution in [1.29, 1.82) is 0 Å². The van der Waals surface area contributed by atoms with Gasteiger partial charge in [0.2, 0.25) is 0 Å². The third-order valence-corrected chi connectivity index (χ3v) is 3.58. The molecule has 0 aromatic carbocycles. The van der Waals surface area contributed by atoms with Crippen molar-refractivity contribution in [2.45, 2.75) is 31.5 Å². The summed E-state index contributed by atoms with van der Waals surface area (Å²) in [6.45, 7) is 0. The van der Waals surface area contributed by atoms with Crippen LogP contribution in [0.1, 0.15) is 30.2 Å². The molecular formula is C10H13ClF3NS. The molecule has 0 radical (unpaired) electrons. The van der Waals surface area contributed by atoms with E-state index in [0.717, 1.165) is 4.88 Å². The summed E-state index contributed by atoms with van der Waals surface area (Å²) in [6, 6.07) is 3.57. The van der Waals surface area contributed by atoms with Gasteiger partial charge < -0.3 is 5.32 Å². The van der Waals surface area contributed by atoms with Crippen molar-refractivity contribution >= 4 is 22.9 Å². The highest BCUT2D eigenvalue weighted by molar-refractivity contribution is 7.16. The number of rotatable bonds is 5. The van der Waals surface area contributed by atoms with Gasteiger partial charge in [-0.3, -0.25) is 0 Å². The summed E-state index contributed by atoms with van der Waals surface area (Å²) < 4.78 is 36.6. The quantitative estimate of drug-likeness (QED) is 0.837. The number of halogens is 4. The maximum absolute atomic E-state index is 12.0. The van der Waals surface area contributed by atoms with Gasteiger partial charge in [0.1, 0.15) is 0 Å². The Labute approximate surface area is 102 Å². The van der Waals surface area contributed by atoms with Gasteiger partial charge in [0, 0.05) is 17.3 Å². The fraction of sp³-hybridized carbons (Fsp3) is 0.600. The van der Waals surface area contributed by atoms with Crippen LogP contribution in [0, 0.1) is 0 Å². The van der Waals surface area contributed by atoms with E-state index in [1.165, 1.54) is 11.3 Å². The van der Waals surface area contributed by atoms with Gasteiger partial charge >= 0.3 is 6.18 Å². The van der Waals surface area contributed by atoms with E-state index in [1.807, 2.05) is 6.07 Å². The topological polar surface area (TPSA) is 12.0 Å². The van der Waals surface area contributed by atoms with Crippen LogP contribution in [0.15, 0.2) is 12.1 Å². The van der Waals surface area contributed by atoms with Gasteiger partial charge in [0.05, 0.1) is 4.34 Å². The van der Waals surface area contributed by atoms with Gasteiger partial charge in [0.25, 0.3) is 0 Å². The molecule has 0 amide bonds. The molecule has 0 fully saturated rings. The standard InChI is InChI=1S/C10H13ClF3NS/c1-15-7(3-2-6-10(12,13)14)8-4-5-9(11)16-8/h4-5,7,15H,2-3,6H2,1H3. The molecule has 1 nitrogen and oxygen atoms in total. The molecule has 0 aliphatic heterocycles. The molecular weight excluding hydrogens is 259 g/mol. The Hall–Kier alpha value is -0.260. The first kappa shape index (κ1) is 13.8. The molecule has 1 aromatic rings. The Bertz CT molecular complexity index is 324. The van der Waals surface area contributed by atoms with Crippen molar-refractivity contribution in [2.75, 3.05) is 7.05 Å². The van der Waals surface area contributed by atoms with Gasteiger partial charge in [0.15, 0.2) is 0 Å². The molecule has 0 spiro atoms. The zero-order valence-electron chi connectivity index (χ0n) is 8.77. The third-order valence-electron chi connectivity index (χ3n) is 2.24. The summed E-state index contributed by atoms with van der Waals surface area (Å²) in [5.74, 6) is 0. The molecule has 0 aliphatic rings. The van der Waals surface area contributed by atoms with Crippen molar-refractivity contribution in [3.05, 3.63) is 21.3 Å². The van der Waals surface area contributed by atoms with E-state index in [2.05, 4.69) is 5.32 Å². The molecule has 0 aliphatic carbocycles. The molecule has 1 heterocycles. The Morgan fingerprint density at radius 3 is 2.56 bits per heavy atom. The largest absolute Gasteiger partial charge is 0.389 e. The van der Waals surface area contributed by atoms with Crippen LogP contribution in [0.5, 0.6) is 0 Å². The van der Waals surface area contributed by atoms with E-state index in [4.69, 9.17) is 11.6 Å². The predicted molar refractivity (Wildman–Crippen MR) is 61.0 cm³/mol. The van der Waals surface area contributed by atoms with E-state index in [-0.39, 0.29) is 12.5 Å². The minimum Gasteiger partial charge on any atom is -0.312 e. The maximum Gasteiger partial charge on any atom is 0.389 e. The predicted octanol–water partition coefficient (Wildman–Crippen LogP) is 4.39. The molecule has 16 heavy (non-hydrogen) atoms. The smallest absolute Gasteiger partial charge is 0.312 e. The molecule has 1 atom stereocenters. The minimum atomic E-state index is -4.06. The molecule has 0 saturated heterocycles. The third kappa shape index (κ3) is 4.72. The summed E-state index contributed by atoms with van der Waals surface area (Å²) in [5, 5.41) is 3.00. The second-order valence-electron chi connectivity index (χ2n) is 3.49. The summed E-state index contributed by atoms with van der Waals surface area (Å²) in [4.78, 5) is 0.981. The van der Waals surface area contributed by atoms with E-state index < -0.39 is 12.6 Å². The Morgan fingerprint density at radius 2 is 2.12 bits per heavy atom. The van der Waals surface area contributed by atoms with Crippen LogP contribution in [0.25, 0.3) is 0 Å². The van der Waals surface area contributed by atoms with Crippen LogP contribution in [-0.2, 0) is 0 Å². The average Bonchev–Trinajstić information content (AvgIpc) is 2.58. The number of alkyl halides is 3. The van der Waals surface area contributed by atoms with Crippen LogP contribution >= 0.6 is 22.9 Å². The molecule has 0 bridgehead atoms. The van der Waals surface area contributed by atoms with Crippen LogP contribution in [0.2, 0.25) is 4.34 Å². The lowest BCUT2D eigenvalue weighted by molar-refractivity contribution is -0.135. The summed E-state index contributed by atoms with van der Waals surface area (Å²) in [7, 11) is 1.74. The summed E-state index contributed by atoms with van der Waals surface area (Å²) in [6.07, 6.45) is -4.20. The van der Waals surface area contributed by atoms with Gasteiger partial charge in [-0.2, -0.15) is 13.2 Å². The Morgan fingerprint density at radius 1 is 1.44 bits per heavy atom. The molecule has 6 heteroatoms. The van der Waals surface area contributed by atoms with Crippen molar-refractivity contribution in [2.24, 2.45) is 0 Å². The minimum absolute atomic E-state index is 0.0418. The van der Waals surface area contributed by atoms with Gasteiger partial charge in [-0.25, -0.2) is 0 Å². The molecule has 1 aromatic heterocycles. The van der Waals surface area contributed by atoms with E-state index in [9.17, 15) is 13.2 Å². The van der Waals surface area contributed by atoms with Crippen molar-refractivity contribution in [1.82, 2.24) is 5.32 Å². The maximum atomic E-state index is 12.0. The van der Waals surface area contributed by atoms with Crippen LogP contribution in [0.4, 0.5) is 13.2 Å². The normalized spacial score (nSPS) is 14.1. The first-order valence-electron chi connectivity index (χ1n) is 4.91. The lowest BCUT2D eigenvalue weighted by Crippen LogP contribution is -2.16. The zero-order chi connectivity index (χ0) is 12.2. The highest BCUT2D eigenvalue weighted by atomic mass is 35.5. The van der Waals surface area contributed by atoms with Crippen LogP contribution in [-0.4, -0.2) is 13.2 Å². The zero-order valence-corrected chi connectivity index (χ0v) is 10.3. The lowest BCUT2D eigenvalue weighted by atomic mass is 10.1. The van der Waals surface area contributed by atoms with E-state index in [0.29, 0.717) is 10.8 Å². The summed E-state index contributed by atoms with van der Waals surface area (Å²) in [5.41, 5.74) is 0. The van der Waals surface area contributed by atoms with Crippen molar-refractivity contribution in [3.63, 3.8) is 0 Å². The molecule has 92 valence electrons. The first-order valence-corrected chi connectivity index (χ1v) is 6.11. The molecule has 1 rings (SSSR count). The van der Waals surface area contributed by atoms with Gasteiger partial charge in [-0.05, 0) is 32.0 Å². The highest BCUT2D eigenvalue weighted by Gasteiger charge is 2.26. The Balaban J connectivity index is 2.44. The van der Waals surface area contributed by atoms with Crippen molar-refractivity contribution < 1.29 is 13.2 Å². The van der Waals surface area contributed by atoms with Crippen LogP contribution in [0.3, 0.4) is 0 Å². The summed E-state index contributed by atoms with van der Waals surface area (Å²) >= 11 is 7.18. The molecule has 0 saturated carbocycles. The van der Waals surface area contributed by atoms with Crippen molar-refractivity contribution in [3.8, 4) is 0 Å². The number of hydrogen-bond donors (Lipinski definition) is 1. The second kappa shape index (κ2) is 5.89. The number of hydrogen-bond acceptors (Lipinski definition) is 2.